The lowest BCUT2D eigenvalue weighted by atomic mass is 10.1. The SMILES string of the molecule is Cn1nc(Oc2ccc(CCN)cc2)c(=O)n(C)c1=O. The summed E-state index contributed by atoms with van der Waals surface area (Å²) in [5.74, 6) is 0.343. The lowest BCUT2D eigenvalue weighted by Gasteiger charge is -2.07. The second-order valence-corrected chi connectivity index (χ2v) is 4.36. The average molecular weight is 276 g/mol. The van der Waals surface area contributed by atoms with Gasteiger partial charge in [0.2, 0.25) is 0 Å². The van der Waals surface area contributed by atoms with Crippen LogP contribution in [0.5, 0.6) is 11.6 Å². The summed E-state index contributed by atoms with van der Waals surface area (Å²) in [7, 11) is 2.84. The Bertz CT molecular complexity index is 716. The lowest BCUT2D eigenvalue weighted by Crippen LogP contribution is -2.38. The van der Waals surface area contributed by atoms with Crippen molar-refractivity contribution in [1.82, 2.24) is 14.3 Å². The van der Waals surface area contributed by atoms with E-state index in [-0.39, 0.29) is 5.88 Å². The van der Waals surface area contributed by atoms with Crippen LogP contribution in [0.2, 0.25) is 0 Å². The molecule has 0 aliphatic carbocycles. The van der Waals surface area contributed by atoms with E-state index in [2.05, 4.69) is 5.10 Å². The highest BCUT2D eigenvalue weighted by atomic mass is 16.5. The van der Waals surface area contributed by atoms with Gasteiger partial charge in [0, 0.05) is 14.1 Å². The summed E-state index contributed by atoms with van der Waals surface area (Å²) in [6.07, 6.45) is 0.778. The largest absolute Gasteiger partial charge is 0.434 e. The van der Waals surface area contributed by atoms with Crippen LogP contribution in [-0.2, 0) is 20.5 Å². The number of nitrogens with zero attached hydrogens (tertiary/aromatic N) is 3. The molecule has 0 unspecified atom stereocenters. The molecule has 2 aromatic rings. The third-order valence-corrected chi connectivity index (χ3v) is 2.86. The highest BCUT2D eigenvalue weighted by Gasteiger charge is 2.10. The van der Waals surface area contributed by atoms with E-state index in [1.165, 1.54) is 14.1 Å². The second kappa shape index (κ2) is 5.70. The van der Waals surface area contributed by atoms with E-state index in [0.29, 0.717) is 12.3 Å². The Hall–Kier alpha value is -2.41. The van der Waals surface area contributed by atoms with Crippen LogP contribution in [0.1, 0.15) is 5.56 Å². The predicted molar refractivity (Wildman–Crippen MR) is 74.0 cm³/mol. The van der Waals surface area contributed by atoms with Crippen molar-refractivity contribution < 1.29 is 4.74 Å². The molecular weight excluding hydrogens is 260 g/mol. The van der Waals surface area contributed by atoms with Gasteiger partial charge in [0.1, 0.15) is 5.75 Å². The Labute approximate surface area is 115 Å². The first-order valence-corrected chi connectivity index (χ1v) is 6.14. The fourth-order valence-electron chi connectivity index (χ4n) is 1.74. The second-order valence-electron chi connectivity index (χ2n) is 4.36. The van der Waals surface area contributed by atoms with Crippen LogP contribution in [0.15, 0.2) is 33.9 Å². The zero-order valence-corrected chi connectivity index (χ0v) is 11.4. The van der Waals surface area contributed by atoms with Crippen LogP contribution in [0.4, 0.5) is 0 Å². The number of aryl methyl sites for hydroxylation is 1. The highest BCUT2D eigenvalue weighted by Crippen LogP contribution is 2.16. The van der Waals surface area contributed by atoms with Crippen molar-refractivity contribution in [3.63, 3.8) is 0 Å². The van der Waals surface area contributed by atoms with E-state index in [9.17, 15) is 9.59 Å². The number of aromatic nitrogens is 3. The first kappa shape index (κ1) is 14.0. The number of nitrogens with two attached hydrogens (primary N) is 1. The zero-order chi connectivity index (χ0) is 14.7. The summed E-state index contributed by atoms with van der Waals surface area (Å²) in [5.41, 5.74) is 5.49. The monoisotopic (exact) mass is 276 g/mol. The van der Waals surface area contributed by atoms with Crippen molar-refractivity contribution in [2.75, 3.05) is 6.54 Å². The molecule has 0 bridgehead atoms. The van der Waals surface area contributed by atoms with E-state index in [4.69, 9.17) is 10.5 Å². The Kier molecular flexibility index (Phi) is 3.99. The van der Waals surface area contributed by atoms with E-state index < -0.39 is 11.2 Å². The van der Waals surface area contributed by atoms with Crippen molar-refractivity contribution in [3.05, 3.63) is 50.7 Å². The summed E-state index contributed by atoms with van der Waals surface area (Å²) in [6.45, 7) is 0.573. The van der Waals surface area contributed by atoms with Gasteiger partial charge in [-0.2, -0.15) is 0 Å². The molecule has 0 saturated heterocycles. The van der Waals surface area contributed by atoms with Crippen molar-refractivity contribution in [1.29, 1.82) is 0 Å². The van der Waals surface area contributed by atoms with Crippen molar-refractivity contribution in [2.24, 2.45) is 19.8 Å². The fraction of sp³-hybridized carbons (Fsp3) is 0.308. The summed E-state index contributed by atoms with van der Waals surface area (Å²) >= 11 is 0. The van der Waals surface area contributed by atoms with Crippen LogP contribution in [0, 0.1) is 0 Å². The number of hydrogen-bond acceptors (Lipinski definition) is 5. The van der Waals surface area contributed by atoms with Crippen molar-refractivity contribution in [3.8, 4) is 11.6 Å². The molecule has 2 N–H and O–H groups in total. The smallest absolute Gasteiger partial charge is 0.347 e. The van der Waals surface area contributed by atoms with Gasteiger partial charge in [-0.1, -0.05) is 12.1 Å². The highest BCUT2D eigenvalue weighted by molar-refractivity contribution is 5.29. The van der Waals surface area contributed by atoms with Gasteiger partial charge in [-0.25, -0.2) is 9.48 Å². The minimum atomic E-state index is -0.570. The normalized spacial score (nSPS) is 10.6. The number of benzene rings is 1. The van der Waals surface area contributed by atoms with Crippen LogP contribution in [0.3, 0.4) is 0 Å². The van der Waals surface area contributed by atoms with Gasteiger partial charge in [0.15, 0.2) is 0 Å². The maximum absolute atomic E-state index is 11.9. The standard InChI is InChI=1S/C13H16N4O3/c1-16-12(18)11(15-17(2)13(16)19)20-10-5-3-9(4-6-10)7-8-14/h3-6H,7-8,14H2,1-2H3. The quantitative estimate of drug-likeness (QED) is 0.833. The predicted octanol–water partition coefficient (Wildman–Crippen LogP) is -0.227. The Morgan fingerprint density at radius 1 is 1.20 bits per heavy atom. The molecule has 1 heterocycles. The fourth-order valence-corrected chi connectivity index (χ4v) is 1.74. The Balaban J connectivity index is 2.31. The van der Waals surface area contributed by atoms with Gasteiger partial charge < -0.3 is 10.5 Å². The molecule has 20 heavy (non-hydrogen) atoms. The summed E-state index contributed by atoms with van der Waals surface area (Å²) < 4.78 is 7.43. The molecule has 0 aliphatic heterocycles. The van der Waals surface area contributed by atoms with E-state index >= 15 is 0 Å². The first-order chi connectivity index (χ1) is 9.52. The Morgan fingerprint density at radius 2 is 1.85 bits per heavy atom. The maximum atomic E-state index is 11.9. The van der Waals surface area contributed by atoms with Crippen LogP contribution < -0.4 is 21.7 Å². The molecule has 0 amide bonds. The van der Waals surface area contributed by atoms with Crippen molar-refractivity contribution >= 4 is 0 Å². The maximum Gasteiger partial charge on any atom is 0.347 e. The molecule has 2 rings (SSSR count). The van der Waals surface area contributed by atoms with E-state index in [1.807, 2.05) is 12.1 Å². The summed E-state index contributed by atoms with van der Waals surface area (Å²) in [5, 5.41) is 3.82. The topological polar surface area (TPSA) is 92.1 Å². The van der Waals surface area contributed by atoms with Gasteiger partial charge in [0.05, 0.1) is 0 Å². The summed E-state index contributed by atoms with van der Waals surface area (Å²) in [6, 6.07) is 7.21. The number of ether oxygens (including phenoxy) is 1. The van der Waals surface area contributed by atoms with Gasteiger partial charge in [-0.05, 0) is 30.7 Å². The van der Waals surface area contributed by atoms with Gasteiger partial charge >= 0.3 is 17.1 Å². The minimum Gasteiger partial charge on any atom is -0.434 e. The molecule has 0 fully saturated rings. The molecule has 0 spiro atoms. The summed E-state index contributed by atoms with van der Waals surface area (Å²) in [4.78, 5) is 23.4. The molecule has 7 nitrogen and oxygen atoms in total. The molecule has 1 aromatic carbocycles. The van der Waals surface area contributed by atoms with Crippen LogP contribution in [0.25, 0.3) is 0 Å². The third-order valence-electron chi connectivity index (χ3n) is 2.86. The Morgan fingerprint density at radius 3 is 2.45 bits per heavy atom. The molecule has 0 aliphatic rings. The van der Waals surface area contributed by atoms with E-state index in [0.717, 1.165) is 21.2 Å². The van der Waals surface area contributed by atoms with Gasteiger partial charge in [0.25, 0.3) is 0 Å². The van der Waals surface area contributed by atoms with Crippen molar-refractivity contribution in [2.45, 2.75) is 6.42 Å². The molecule has 106 valence electrons. The molecule has 1 aromatic heterocycles. The first-order valence-electron chi connectivity index (χ1n) is 6.14. The van der Waals surface area contributed by atoms with Crippen LogP contribution in [-0.4, -0.2) is 20.9 Å². The van der Waals surface area contributed by atoms with Crippen LogP contribution >= 0.6 is 0 Å². The average Bonchev–Trinajstić information content (AvgIpc) is 2.45. The molecule has 7 heteroatoms. The number of rotatable bonds is 4. The molecule has 0 atom stereocenters. The molecule has 0 saturated carbocycles. The lowest BCUT2D eigenvalue weighted by molar-refractivity contribution is 0.414. The van der Waals surface area contributed by atoms with Gasteiger partial charge in [-0.3, -0.25) is 9.36 Å². The van der Waals surface area contributed by atoms with Gasteiger partial charge in [-0.15, -0.1) is 5.10 Å². The molecule has 0 radical (unpaired) electrons. The number of hydrogen-bond donors (Lipinski definition) is 1. The third kappa shape index (κ3) is 2.77. The minimum absolute atomic E-state index is 0.138. The zero-order valence-electron chi connectivity index (χ0n) is 11.4. The molecular formula is C13H16N4O3. The van der Waals surface area contributed by atoms with E-state index in [1.54, 1.807) is 12.1 Å².